The number of benzene rings is 2. The van der Waals surface area contributed by atoms with Gasteiger partial charge >= 0.3 is 0 Å². The van der Waals surface area contributed by atoms with Crippen molar-refractivity contribution in [3.05, 3.63) is 53.3 Å². The molecule has 0 radical (unpaired) electrons. The Kier molecular flexibility index (Phi) is 2.69. The molecule has 0 bridgehead atoms. The molecule has 4 heteroatoms. The van der Waals surface area contributed by atoms with Gasteiger partial charge in [-0.25, -0.2) is 4.98 Å². The van der Waals surface area contributed by atoms with Gasteiger partial charge in [-0.15, -0.1) is 0 Å². The van der Waals surface area contributed by atoms with Crippen LogP contribution in [0.3, 0.4) is 0 Å². The predicted molar refractivity (Wildman–Crippen MR) is 79.7 cm³/mol. The van der Waals surface area contributed by atoms with Crippen LogP contribution in [0, 0.1) is 25.2 Å². The monoisotopic (exact) mass is 262 g/mol. The lowest BCUT2D eigenvalue weighted by Crippen LogP contribution is -1.97. The SMILES string of the molecule is Cc1cc2ncn(-c3ccc(C#N)c(N)c3)c2cc1C. The van der Waals surface area contributed by atoms with Gasteiger partial charge in [0.2, 0.25) is 0 Å². The van der Waals surface area contributed by atoms with E-state index in [1.165, 1.54) is 11.1 Å². The van der Waals surface area contributed by atoms with Crippen molar-refractivity contribution in [2.45, 2.75) is 13.8 Å². The molecule has 0 amide bonds. The molecule has 0 fully saturated rings. The Labute approximate surface area is 117 Å². The molecule has 3 aromatic rings. The van der Waals surface area contributed by atoms with E-state index >= 15 is 0 Å². The number of nitriles is 1. The Hall–Kier alpha value is -2.80. The van der Waals surface area contributed by atoms with Crippen molar-refractivity contribution in [2.75, 3.05) is 5.73 Å². The molecule has 20 heavy (non-hydrogen) atoms. The summed E-state index contributed by atoms with van der Waals surface area (Å²) in [6.07, 6.45) is 1.78. The molecule has 0 unspecified atom stereocenters. The maximum absolute atomic E-state index is 8.93. The molecule has 4 nitrogen and oxygen atoms in total. The van der Waals surface area contributed by atoms with Gasteiger partial charge in [0.25, 0.3) is 0 Å². The third kappa shape index (κ3) is 1.81. The van der Waals surface area contributed by atoms with E-state index in [-0.39, 0.29) is 0 Å². The Morgan fingerprint density at radius 1 is 1.15 bits per heavy atom. The third-order valence-corrected chi connectivity index (χ3v) is 3.60. The molecular formula is C16H14N4. The van der Waals surface area contributed by atoms with Crippen molar-refractivity contribution in [1.82, 2.24) is 9.55 Å². The van der Waals surface area contributed by atoms with Gasteiger partial charge in [-0.05, 0) is 55.3 Å². The quantitative estimate of drug-likeness (QED) is 0.685. The zero-order valence-corrected chi connectivity index (χ0v) is 11.4. The standard InChI is InChI=1S/C16H14N4/c1-10-5-15-16(6-11(10)2)20(9-19-15)13-4-3-12(8-17)14(18)7-13/h3-7,9H,18H2,1-2H3. The van der Waals surface area contributed by atoms with Crippen molar-refractivity contribution in [1.29, 1.82) is 5.26 Å². The van der Waals surface area contributed by atoms with Crippen molar-refractivity contribution in [2.24, 2.45) is 0 Å². The molecule has 1 aromatic heterocycles. The highest BCUT2D eigenvalue weighted by atomic mass is 15.0. The lowest BCUT2D eigenvalue weighted by Gasteiger charge is -2.07. The van der Waals surface area contributed by atoms with Crippen LogP contribution in [-0.4, -0.2) is 9.55 Å². The van der Waals surface area contributed by atoms with Gasteiger partial charge in [0.1, 0.15) is 12.4 Å². The van der Waals surface area contributed by atoms with Gasteiger partial charge in [0, 0.05) is 5.69 Å². The maximum atomic E-state index is 8.93. The smallest absolute Gasteiger partial charge is 0.101 e. The van der Waals surface area contributed by atoms with E-state index in [2.05, 4.69) is 37.0 Å². The van der Waals surface area contributed by atoms with E-state index in [1.54, 1.807) is 18.5 Å². The van der Waals surface area contributed by atoms with Crippen LogP contribution >= 0.6 is 0 Å². The molecule has 0 aliphatic carbocycles. The molecule has 1 heterocycles. The summed E-state index contributed by atoms with van der Waals surface area (Å²) in [6, 6.07) is 11.7. The van der Waals surface area contributed by atoms with Crippen LogP contribution in [0.15, 0.2) is 36.7 Å². The number of imidazole rings is 1. The van der Waals surface area contributed by atoms with Gasteiger partial charge < -0.3 is 5.73 Å². The number of rotatable bonds is 1. The number of aromatic nitrogens is 2. The molecule has 0 saturated carbocycles. The second-order valence-electron chi connectivity index (χ2n) is 4.92. The number of nitrogens with two attached hydrogens (primary N) is 1. The van der Waals surface area contributed by atoms with Gasteiger partial charge in [-0.3, -0.25) is 4.57 Å². The number of nitrogen functional groups attached to an aromatic ring is 1. The molecule has 0 atom stereocenters. The Morgan fingerprint density at radius 2 is 1.90 bits per heavy atom. The first-order valence-electron chi connectivity index (χ1n) is 6.34. The highest BCUT2D eigenvalue weighted by Crippen LogP contribution is 2.23. The second kappa shape index (κ2) is 4.39. The zero-order chi connectivity index (χ0) is 14.3. The fourth-order valence-electron chi connectivity index (χ4n) is 2.27. The van der Waals surface area contributed by atoms with Crippen LogP contribution in [0.2, 0.25) is 0 Å². The van der Waals surface area contributed by atoms with E-state index in [4.69, 9.17) is 11.0 Å². The molecule has 0 saturated heterocycles. The van der Waals surface area contributed by atoms with Crippen molar-refractivity contribution < 1.29 is 0 Å². The lowest BCUT2D eigenvalue weighted by atomic mass is 10.1. The van der Waals surface area contributed by atoms with E-state index in [9.17, 15) is 0 Å². The summed E-state index contributed by atoms with van der Waals surface area (Å²) in [5.41, 5.74) is 12.2. The van der Waals surface area contributed by atoms with E-state index < -0.39 is 0 Å². The number of aryl methyl sites for hydroxylation is 2. The average Bonchev–Trinajstić information content (AvgIpc) is 2.82. The largest absolute Gasteiger partial charge is 0.398 e. The summed E-state index contributed by atoms with van der Waals surface area (Å²) >= 11 is 0. The third-order valence-electron chi connectivity index (χ3n) is 3.60. The van der Waals surface area contributed by atoms with Crippen molar-refractivity contribution in [3.8, 4) is 11.8 Å². The molecule has 3 rings (SSSR count). The molecular weight excluding hydrogens is 248 g/mol. The number of anilines is 1. The molecule has 2 N–H and O–H groups in total. The molecule has 0 aliphatic heterocycles. The van der Waals surface area contributed by atoms with Crippen LogP contribution < -0.4 is 5.73 Å². The van der Waals surface area contributed by atoms with Crippen LogP contribution in [0.1, 0.15) is 16.7 Å². The fourth-order valence-corrected chi connectivity index (χ4v) is 2.27. The summed E-state index contributed by atoms with van der Waals surface area (Å²) < 4.78 is 1.99. The number of hydrogen-bond donors (Lipinski definition) is 1. The lowest BCUT2D eigenvalue weighted by molar-refractivity contribution is 1.09. The molecule has 98 valence electrons. The molecule has 2 aromatic carbocycles. The van der Waals surface area contributed by atoms with Crippen molar-refractivity contribution in [3.63, 3.8) is 0 Å². The fraction of sp³-hybridized carbons (Fsp3) is 0.125. The highest BCUT2D eigenvalue weighted by Gasteiger charge is 2.08. The van der Waals surface area contributed by atoms with E-state index in [1.807, 2.05) is 10.6 Å². The first-order valence-corrected chi connectivity index (χ1v) is 6.34. The van der Waals surface area contributed by atoms with Crippen LogP contribution in [-0.2, 0) is 0 Å². The Balaban J connectivity index is 2.22. The minimum Gasteiger partial charge on any atom is -0.398 e. The first-order chi connectivity index (χ1) is 9.60. The summed E-state index contributed by atoms with van der Waals surface area (Å²) in [5.74, 6) is 0. The first kappa shape index (κ1) is 12.2. The van der Waals surface area contributed by atoms with Gasteiger partial charge in [0.05, 0.1) is 22.3 Å². The zero-order valence-electron chi connectivity index (χ0n) is 11.4. The van der Waals surface area contributed by atoms with Crippen LogP contribution in [0.5, 0.6) is 0 Å². The molecule has 0 aliphatic rings. The summed E-state index contributed by atoms with van der Waals surface area (Å²) in [6.45, 7) is 4.16. The minimum atomic E-state index is 0.482. The Morgan fingerprint density at radius 3 is 2.60 bits per heavy atom. The average molecular weight is 262 g/mol. The minimum absolute atomic E-state index is 0.482. The number of nitrogens with zero attached hydrogens (tertiary/aromatic N) is 3. The summed E-state index contributed by atoms with van der Waals surface area (Å²) in [4.78, 5) is 4.43. The van der Waals surface area contributed by atoms with Crippen LogP contribution in [0.4, 0.5) is 5.69 Å². The van der Waals surface area contributed by atoms with E-state index in [0.717, 1.165) is 16.7 Å². The summed E-state index contributed by atoms with van der Waals surface area (Å²) in [7, 11) is 0. The topological polar surface area (TPSA) is 67.6 Å². The number of fused-ring (bicyclic) bond motifs is 1. The van der Waals surface area contributed by atoms with E-state index in [0.29, 0.717) is 11.3 Å². The summed E-state index contributed by atoms with van der Waals surface area (Å²) in [5, 5.41) is 8.93. The maximum Gasteiger partial charge on any atom is 0.101 e. The van der Waals surface area contributed by atoms with Gasteiger partial charge in [0.15, 0.2) is 0 Å². The highest BCUT2D eigenvalue weighted by molar-refractivity contribution is 5.79. The van der Waals surface area contributed by atoms with Crippen LogP contribution in [0.25, 0.3) is 16.7 Å². The second-order valence-corrected chi connectivity index (χ2v) is 4.92. The normalized spacial score (nSPS) is 10.7. The van der Waals surface area contributed by atoms with Gasteiger partial charge in [-0.2, -0.15) is 5.26 Å². The molecule has 0 spiro atoms. The predicted octanol–water partition coefficient (Wildman–Crippen LogP) is 3.10. The Bertz CT molecular complexity index is 853. The van der Waals surface area contributed by atoms with Crippen molar-refractivity contribution >= 4 is 16.7 Å². The van der Waals surface area contributed by atoms with Gasteiger partial charge in [-0.1, -0.05) is 0 Å². The number of hydrogen-bond acceptors (Lipinski definition) is 3.